The average Bonchev–Trinajstić information content (AvgIpc) is 3.13. The summed E-state index contributed by atoms with van der Waals surface area (Å²) in [5, 5.41) is -0.435. The number of imide groups is 1. The van der Waals surface area contributed by atoms with Gasteiger partial charge < -0.3 is 14.4 Å². The lowest BCUT2D eigenvalue weighted by atomic mass is 10.1. The molecule has 2 aromatic rings. The maximum absolute atomic E-state index is 13.0. The number of rotatable bonds is 8. The Kier molecular flexibility index (Phi) is 8.51. The van der Waals surface area contributed by atoms with E-state index in [4.69, 9.17) is 9.47 Å². The van der Waals surface area contributed by atoms with E-state index < -0.39 is 11.1 Å². The number of ether oxygens (including phenoxy) is 2. The smallest absolute Gasteiger partial charge is 0.294 e. The van der Waals surface area contributed by atoms with E-state index in [1.165, 1.54) is 0 Å². The first-order valence-corrected chi connectivity index (χ1v) is 13.2. The molecule has 2 aliphatic heterocycles. The zero-order valence-electron chi connectivity index (χ0n) is 19.5. The van der Waals surface area contributed by atoms with Crippen LogP contribution in [0.2, 0.25) is 0 Å². The molecule has 0 atom stereocenters. The van der Waals surface area contributed by atoms with Crippen LogP contribution in [0, 0.1) is 0 Å². The Morgan fingerprint density at radius 2 is 1.77 bits per heavy atom. The zero-order chi connectivity index (χ0) is 24.8. The van der Waals surface area contributed by atoms with Crippen LogP contribution < -0.4 is 9.47 Å². The second kappa shape index (κ2) is 11.8. The SMILES string of the molecule is CCOc1cc(/C=C2\SC(=O)N(CC(=O)N3CCCCC3)C2=O)c(Br)cc1OCc1ccccc1. The van der Waals surface area contributed by atoms with Crippen LogP contribution in [0.4, 0.5) is 4.79 Å². The summed E-state index contributed by atoms with van der Waals surface area (Å²) in [4.78, 5) is 41.1. The summed E-state index contributed by atoms with van der Waals surface area (Å²) in [6, 6.07) is 13.4. The van der Waals surface area contributed by atoms with Crippen molar-refractivity contribution in [2.24, 2.45) is 0 Å². The van der Waals surface area contributed by atoms with Gasteiger partial charge in [-0.15, -0.1) is 0 Å². The van der Waals surface area contributed by atoms with E-state index in [1.807, 2.05) is 37.3 Å². The van der Waals surface area contributed by atoms with Crippen LogP contribution in [0.1, 0.15) is 37.3 Å². The lowest BCUT2D eigenvalue weighted by molar-refractivity contribution is -0.136. The standard InChI is InChI=1S/C26H27BrN2O5S/c1-2-33-21-13-19(20(27)15-22(21)34-17-18-9-5-3-6-10-18)14-23-25(31)29(26(32)35-23)16-24(30)28-11-7-4-8-12-28/h3,5-6,9-10,13-15H,2,4,7-8,11-12,16-17H2,1H3/b23-14-. The van der Waals surface area contributed by atoms with Gasteiger partial charge in [-0.05, 0) is 67.3 Å². The molecule has 3 amide bonds. The highest BCUT2D eigenvalue weighted by atomic mass is 79.9. The summed E-state index contributed by atoms with van der Waals surface area (Å²) in [6.45, 7) is 3.84. The summed E-state index contributed by atoms with van der Waals surface area (Å²) >= 11 is 4.39. The Morgan fingerprint density at radius 1 is 1.06 bits per heavy atom. The maximum atomic E-state index is 13.0. The Balaban J connectivity index is 1.50. The molecule has 0 N–H and O–H groups in total. The van der Waals surface area contributed by atoms with Gasteiger partial charge in [-0.2, -0.15) is 0 Å². The minimum Gasteiger partial charge on any atom is -0.490 e. The second-order valence-corrected chi connectivity index (χ2v) is 10.1. The minimum absolute atomic E-state index is 0.187. The first kappa shape index (κ1) is 25.3. The molecule has 0 spiro atoms. The van der Waals surface area contributed by atoms with Crippen LogP contribution in [0.3, 0.4) is 0 Å². The first-order chi connectivity index (χ1) is 17.0. The van der Waals surface area contributed by atoms with Crippen molar-refractivity contribution < 1.29 is 23.9 Å². The van der Waals surface area contributed by atoms with E-state index in [1.54, 1.807) is 23.1 Å². The molecule has 0 bridgehead atoms. The Labute approximate surface area is 217 Å². The summed E-state index contributed by atoms with van der Waals surface area (Å²) in [6.07, 6.45) is 4.65. The minimum atomic E-state index is -0.459. The van der Waals surface area contributed by atoms with Crippen LogP contribution in [0.15, 0.2) is 51.8 Å². The van der Waals surface area contributed by atoms with Crippen molar-refractivity contribution in [2.45, 2.75) is 32.8 Å². The quantitative estimate of drug-likeness (QED) is 0.399. The van der Waals surface area contributed by atoms with Gasteiger partial charge in [0.05, 0.1) is 11.5 Å². The van der Waals surface area contributed by atoms with Crippen LogP contribution >= 0.6 is 27.7 Å². The number of carbonyl (C=O) groups is 3. The van der Waals surface area contributed by atoms with Crippen LogP contribution in [-0.2, 0) is 16.2 Å². The van der Waals surface area contributed by atoms with Gasteiger partial charge in [-0.1, -0.05) is 46.3 Å². The molecule has 0 radical (unpaired) electrons. The molecule has 4 rings (SSSR count). The number of amides is 3. The lowest BCUT2D eigenvalue weighted by Gasteiger charge is -2.27. The van der Waals surface area contributed by atoms with Gasteiger partial charge in [0.25, 0.3) is 11.1 Å². The van der Waals surface area contributed by atoms with Gasteiger partial charge in [-0.25, -0.2) is 0 Å². The third-order valence-corrected chi connectivity index (χ3v) is 7.36. The molecule has 0 unspecified atom stereocenters. The van der Waals surface area contributed by atoms with Crippen LogP contribution in [0.25, 0.3) is 6.08 Å². The number of nitrogens with zero attached hydrogens (tertiary/aromatic N) is 2. The van der Waals surface area contributed by atoms with Gasteiger partial charge in [0, 0.05) is 17.6 Å². The highest BCUT2D eigenvalue weighted by Crippen LogP contribution is 2.38. The summed E-state index contributed by atoms with van der Waals surface area (Å²) in [5.41, 5.74) is 1.70. The number of hydrogen-bond donors (Lipinski definition) is 0. The molecule has 184 valence electrons. The van der Waals surface area contributed by atoms with Crippen molar-refractivity contribution in [1.29, 1.82) is 0 Å². The monoisotopic (exact) mass is 558 g/mol. The van der Waals surface area contributed by atoms with E-state index in [0.717, 1.165) is 41.5 Å². The van der Waals surface area contributed by atoms with E-state index in [2.05, 4.69) is 15.9 Å². The summed E-state index contributed by atoms with van der Waals surface area (Å²) < 4.78 is 12.5. The number of benzene rings is 2. The molecule has 2 saturated heterocycles. The number of piperidine rings is 1. The number of hydrogen-bond acceptors (Lipinski definition) is 6. The molecule has 7 nitrogen and oxygen atoms in total. The van der Waals surface area contributed by atoms with Gasteiger partial charge in [0.15, 0.2) is 11.5 Å². The summed E-state index contributed by atoms with van der Waals surface area (Å²) in [5.74, 6) is 0.463. The first-order valence-electron chi connectivity index (χ1n) is 11.6. The van der Waals surface area contributed by atoms with E-state index >= 15 is 0 Å². The molecule has 2 heterocycles. The van der Waals surface area contributed by atoms with E-state index in [-0.39, 0.29) is 17.4 Å². The molecule has 2 fully saturated rings. The highest BCUT2D eigenvalue weighted by Gasteiger charge is 2.37. The molecular weight excluding hydrogens is 532 g/mol. The van der Waals surface area contributed by atoms with E-state index in [9.17, 15) is 14.4 Å². The average molecular weight is 559 g/mol. The molecule has 0 aromatic heterocycles. The molecule has 2 aliphatic rings. The number of halogens is 1. The predicted molar refractivity (Wildman–Crippen MR) is 139 cm³/mol. The normalized spacial score (nSPS) is 17.3. The highest BCUT2D eigenvalue weighted by molar-refractivity contribution is 9.10. The molecule has 35 heavy (non-hydrogen) atoms. The fourth-order valence-corrected chi connectivity index (χ4v) is 5.20. The van der Waals surface area contributed by atoms with Crippen molar-refractivity contribution in [2.75, 3.05) is 26.2 Å². The van der Waals surface area contributed by atoms with Crippen LogP contribution in [-0.4, -0.2) is 53.1 Å². The summed E-state index contributed by atoms with van der Waals surface area (Å²) in [7, 11) is 0. The maximum Gasteiger partial charge on any atom is 0.294 e. The van der Waals surface area contributed by atoms with Gasteiger partial charge in [0.1, 0.15) is 13.2 Å². The van der Waals surface area contributed by atoms with Crippen molar-refractivity contribution in [3.63, 3.8) is 0 Å². The van der Waals surface area contributed by atoms with Crippen molar-refractivity contribution in [3.05, 3.63) is 63.0 Å². The fourth-order valence-electron chi connectivity index (χ4n) is 3.93. The predicted octanol–water partition coefficient (Wildman–Crippen LogP) is 5.48. The number of thioether (sulfide) groups is 1. The molecule has 0 saturated carbocycles. The van der Waals surface area contributed by atoms with Crippen molar-refractivity contribution in [3.8, 4) is 11.5 Å². The number of carbonyl (C=O) groups excluding carboxylic acids is 3. The molecular formula is C26H27BrN2O5S. The lowest BCUT2D eigenvalue weighted by Crippen LogP contribution is -2.44. The Morgan fingerprint density at radius 3 is 2.49 bits per heavy atom. The van der Waals surface area contributed by atoms with Crippen molar-refractivity contribution >= 4 is 50.8 Å². The topological polar surface area (TPSA) is 76.2 Å². The van der Waals surface area contributed by atoms with Crippen molar-refractivity contribution in [1.82, 2.24) is 9.80 Å². The van der Waals surface area contributed by atoms with Crippen LogP contribution in [0.5, 0.6) is 11.5 Å². The fraction of sp³-hybridized carbons (Fsp3) is 0.346. The van der Waals surface area contributed by atoms with Gasteiger partial charge >= 0.3 is 0 Å². The van der Waals surface area contributed by atoms with E-state index in [0.29, 0.717) is 47.8 Å². The largest absolute Gasteiger partial charge is 0.490 e. The van der Waals surface area contributed by atoms with Gasteiger partial charge in [-0.3, -0.25) is 19.3 Å². The Bertz CT molecular complexity index is 1130. The third-order valence-electron chi connectivity index (χ3n) is 5.76. The third kappa shape index (κ3) is 6.27. The molecule has 9 heteroatoms. The molecule has 0 aliphatic carbocycles. The Hall–Kier alpha value is -2.78. The molecule has 2 aromatic carbocycles. The van der Waals surface area contributed by atoms with Gasteiger partial charge in [0.2, 0.25) is 5.91 Å². The zero-order valence-corrected chi connectivity index (χ0v) is 21.9. The second-order valence-electron chi connectivity index (χ2n) is 8.24. The number of likely N-dealkylation sites (tertiary alicyclic amines) is 1.